The van der Waals surface area contributed by atoms with Crippen LogP contribution in [0.15, 0.2) is 0 Å². The van der Waals surface area contributed by atoms with Gasteiger partial charge in [0.2, 0.25) is 0 Å². The second-order valence-corrected chi connectivity index (χ2v) is 4.52. The van der Waals surface area contributed by atoms with E-state index >= 15 is 0 Å². The number of hydrogen-bond acceptors (Lipinski definition) is 6. The summed E-state index contributed by atoms with van der Waals surface area (Å²) in [5, 5.41) is 6.38. The number of nitrogens with two attached hydrogens (primary N) is 1. The Morgan fingerprint density at radius 1 is 1.69 bits per heavy atom. The molecule has 1 aromatic heterocycles. The van der Waals surface area contributed by atoms with E-state index in [0.29, 0.717) is 23.2 Å². The van der Waals surface area contributed by atoms with Crippen molar-refractivity contribution in [1.82, 2.24) is 10.3 Å². The maximum Gasteiger partial charge on any atom is 0.265 e. The molecule has 2 heterocycles. The highest BCUT2D eigenvalue weighted by Gasteiger charge is 2.21. The first kappa shape index (κ1) is 11.2. The summed E-state index contributed by atoms with van der Waals surface area (Å²) in [6.07, 6.45) is 0.851. The lowest BCUT2D eigenvalue weighted by molar-refractivity contribution is 0.0934. The van der Waals surface area contributed by atoms with Crippen LogP contribution in [-0.4, -0.2) is 37.2 Å². The third-order valence-corrected chi connectivity index (χ3v) is 3.43. The lowest BCUT2D eigenvalue weighted by Crippen LogP contribution is -2.34. The fourth-order valence-corrected chi connectivity index (χ4v) is 2.24. The molecule has 1 amide bonds. The smallest absolute Gasteiger partial charge is 0.265 e. The molecule has 2 rings (SSSR count). The van der Waals surface area contributed by atoms with Gasteiger partial charge in [0.1, 0.15) is 10.7 Å². The van der Waals surface area contributed by atoms with Crippen molar-refractivity contribution in [2.75, 3.05) is 31.3 Å². The summed E-state index contributed by atoms with van der Waals surface area (Å²) in [7, 11) is 1.74. The summed E-state index contributed by atoms with van der Waals surface area (Å²) >= 11 is 1.25. The maximum atomic E-state index is 11.8. The second-order valence-electron chi connectivity index (χ2n) is 3.52. The van der Waals surface area contributed by atoms with Crippen molar-refractivity contribution < 1.29 is 9.53 Å². The van der Waals surface area contributed by atoms with Gasteiger partial charge in [0.25, 0.3) is 5.91 Å². The van der Waals surface area contributed by atoms with Gasteiger partial charge in [-0.25, -0.2) is 4.98 Å². The molecule has 1 saturated heterocycles. The molecule has 0 aromatic carbocycles. The molecule has 4 N–H and O–H groups in total. The molecule has 6 nitrogen and oxygen atoms in total. The molecule has 1 aliphatic rings. The van der Waals surface area contributed by atoms with E-state index in [1.807, 2.05) is 0 Å². The van der Waals surface area contributed by atoms with Crippen LogP contribution in [0.3, 0.4) is 0 Å². The predicted octanol–water partition coefficient (Wildman–Crippen LogP) is 0.286. The normalized spacial score (nSPS) is 19.7. The summed E-state index contributed by atoms with van der Waals surface area (Å²) in [5.41, 5.74) is 5.66. The standard InChI is InChI=1S/C9H14N4O2S/c1-11-9-13-7(10)6(16-9)8(14)12-5-2-3-15-4-5/h5H,2-4,10H2,1H3,(H,11,13)(H,12,14). The molecular formula is C9H14N4O2S. The molecule has 1 atom stereocenters. The number of amides is 1. The summed E-state index contributed by atoms with van der Waals surface area (Å²) in [5.74, 6) is 0.0952. The lowest BCUT2D eigenvalue weighted by atomic mass is 10.2. The number of nitrogen functional groups attached to an aromatic ring is 1. The van der Waals surface area contributed by atoms with Gasteiger partial charge in [-0.15, -0.1) is 0 Å². The van der Waals surface area contributed by atoms with E-state index in [9.17, 15) is 4.79 Å². The maximum absolute atomic E-state index is 11.8. The molecule has 1 fully saturated rings. The third kappa shape index (κ3) is 2.25. The molecule has 0 saturated carbocycles. The van der Waals surface area contributed by atoms with Crippen molar-refractivity contribution in [1.29, 1.82) is 0 Å². The van der Waals surface area contributed by atoms with Crippen molar-refractivity contribution in [3.05, 3.63) is 4.88 Å². The zero-order valence-corrected chi connectivity index (χ0v) is 9.76. The van der Waals surface area contributed by atoms with Crippen molar-refractivity contribution in [2.24, 2.45) is 0 Å². The Labute approximate surface area is 97.2 Å². The van der Waals surface area contributed by atoms with E-state index in [1.54, 1.807) is 7.05 Å². The SMILES string of the molecule is CNc1nc(N)c(C(=O)NC2CCOC2)s1. The minimum atomic E-state index is -0.174. The number of ether oxygens (including phenoxy) is 1. The summed E-state index contributed by atoms with van der Waals surface area (Å²) in [6, 6.07) is 0.0898. The minimum Gasteiger partial charge on any atom is -0.382 e. The number of nitrogens with one attached hydrogen (secondary N) is 2. The van der Waals surface area contributed by atoms with Gasteiger partial charge in [-0.2, -0.15) is 0 Å². The molecule has 0 radical (unpaired) electrons. The Balaban J connectivity index is 2.04. The van der Waals surface area contributed by atoms with Crippen LogP contribution < -0.4 is 16.4 Å². The number of anilines is 2. The van der Waals surface area contributed by atoms with Crippen LogP contribution in [0.4, 0.5) is 10.9 Å². The Morgan fingerprint density at radius 3 is 3.06 bits per heavy atom. The average Bonchev–Trinajstić information content (AvgIpc) is 2.87. The highest BCUT2D eigenvalue weighted by atomic mass is 32.1. The van der Waals surface area contributed by atoms with Crippen LogP contribution in [0.1, 0.15) is 16.1 Å². The van der Waals surface area contributed by atoms with Crippen LogP contribution in [-0.2, 0) is 4.74 Å². The topological polar surface area (TPSA) is 89.3 Å². The largest absolute Gasteiger partial charge is 0.382 e. The molecule has 0 spiro atoms. The highest BCUT2D eigenvalue weighted by molar-refractivity contribution is 7.18. The number of carbonyl (C=O) groups is 1. The van der Waals surface area contributed by atoms with Crippen LogP contribution in [0.5, 0.6) is 0 Å². The monoisotopic (exact) mass is 242 g/mol. The number of aromatic nitrogens is 1. The fraction of sp³-hybridized carbons (Fsp3) is 0.556. The number of nitrogens with zero attached hydrogens (tertiary/aromatic N) is 1. The van der Waals surface area contributed by atoms with Gasteiger partial charge in [-0.05, 0) is 6.42 Å². The van der Waals surface area contributed by atoms with Gasteiger partial charge in [0, 0.05) is 13.7 Å². The van der Waals surface area contributed by atoms with Crippen LogP contribution in [0.2, 0.25) is 0 Å². The highest BCUT2D eigenvalue weighted by Crippen LogP contribution is 2.24. The Morgan fingerprint density at radius 2 is 2.50 bits per heavy atom. The third-order valence-electron chi connectivity index (χ3n) is 2.34. The Kier molecular flexibility index (Phi) is 3.25. The number of thiazole rings is 1. The number of rotatable bonds is 3. The van der Waals surface area contributed by atoms with Crippen LogP contribution in [0.25, 0.3) is 0 Å². The van der Waals surface area contributed by atoms with E-state index in [4.69, 9.17) is 10.5 Å². The molecule has 1 aliphatic heterocycles. The van der Waals surface area contributed by atoms with Crippen molar-refractivity contribution >= 4 is 28.2 Å². The molecule has 16 heavy (non-hydrogen) atoms. The fourth-order valence-electron chi connectivity index (χ4n) is 1.50. The van der Waals surface area contributed by atoms with Crippen molar-refractivity contribution in [2.45, 2.75) is 12.5 Å². The van der Waals surface area contributed by atoms with E-state index < -0.39 is 0 Å². The summed E-state index contributed by atoms with van der Waals surface area (Å²) < 4.78 is 5.18. The molecule has 0 aliphatic carbocycles. The lowest BCUT2D eigenvalue weighted by Gasteiger charge is -2.08. The van der Waals surface area contributed by atoms with Crippen molar-refractivity contribution in [3.63, 3.8) is 0 Å². The van der Waals surface area contributed by atoms with Gasteiger partial charge in [0.15, 0.2) is 5.13 Å². The van der Waals surface area contributed by atoms with Gasteiger partial charge in [0.05, 0.1) is 12.6 Å². The molecule has 1 unspecified atom stereocenters. The first-order chi connectivity index (χ1) is 7.70. The number of carbonyl (C=O) groups excluding carboxylic acids is 1. The second kappa shape index (κ2) is 4.67. The van der Waals surface area contributed by atoms with Gasteiger partial charge in [-0.3, -0.25) is 4.79 Å². The molecule has 0 bridgehead atoms. The van der Waals surface area contributed by atoms with Gasteiger partial charge in [-0.1, -0.05) is 11.3 Å². The molecule has 1 aromatic rings. The zero-order valence-electron chi connectivity index (χ0n) is 8.95. The summed E-state index contributed by atoms with van der Waals surface area (Å²) in [6.45, 7) is 1.27. The Bertz CT molecular complexity index is 387. The predicted molar refractivity (Wildman–Crippen MR) is 62.8 cm³/mol. The summed E-state index contributed by atoms with van der Waals surface area (Å²) in [4.78, 5) is 16.3. The van der Waals surface area contributed by atoms with E-state index in [2.05, 4.69) is 15.6 Å². The quantitative estimate of drug-likeness (QED) is 0.708. The van der Waals surface area contributed by atoms with Crippen molar-refractivity contribution in [3.8, 4) is 0 Å². The van der Waals surface area contributed by atoms with E-state index in [0.717, 1.165) is 6.42 Å². The minimum absolute atomic E-state index is 0.0898. The van der Waals surface area contributed by atoms with E-state index in [1.165, 1.54) is 11.3 Å². The van der Waals surface area contributed by atoms with Gasteiger partial charge < -0.3 is 21.1 Å². The molecular weight excluding hydrogens is 228 g/mol. The average molecular weight is 242 g/mol. The first-order valence-corrected chi connectivity index (χ1v) is 5.85. The van der Waals surface area contributed by atoms with Gasteiger partial charge >= 0.3 is 0 Å². The first-order valence-electron chi connectivity index (χ1n) is 5.03. The van der Waals surface area contributed by atoms with Crippen LogP contribution >= 0.6 is 11.3 Å². The molecule has 88 valence electrons. The van der Waals surface area contributed by atoms with E-state index in [-0.39, 0.29) is 17.8 Å². The number of hydrogen-bond donors (Lipinski definition) is 3. The molecule has 7 heteroatoms. The Hall–Kier alpha value is -1.34. The van der Waals surface area contributed by atoms with Crippen LogP contribution in [0, 0.1) is 0 Å². The zero-order chi connectivity index (χ0) is 11.5.